The molecular weight excluding hydrogens is 460 g/mol. The van der Waals surface area contributed by atoms with E-state index in [1.807, 2.05) is 13.0 Å². The number of carbonyl (C=O) groups is 2. The lowest BCUT2D eigenvalue weighted by Crippen LogP contribution is -2.34. The molecule has 3 amide bonds. The highest BCUT2D eigenvalue weighted by molar-refractivity contribution is 7.13. The van der Waals surface area contributed by atoms with Gasteiger partial charge in [-0.25, -0.2) is 13.6 Å². The number of aromatic nitrogens is 2. The Bertz CT molecular complexity index is 1190. The molecule has 0 unspecified atom stereocenters. The lowest BCUT2D eigenvalue weighted by molar-refractivity contribution is 0.102. The monoisotopic (exact) mass is 477 g/mol. The molecule has 32 heavy (non-hydrogen) atoms. The number of hydrogen-bond acceptors (Lipinski definition) is 5. The summed E-state index contributed by atoms with van der Waals surface area (Å²) in [7, 11) is 0. The van der Waals surface area contributed by atoms with Crippen LogP contribution in [0.25, 0.3) is 0 Å². The number of hydrogen-bond donors (Lipinski definition) is 2. The van der Waals surface area contributed by atoms with Crippen molar-refractivity contribution >= 4 is 46.3 Å². The molecule has 166 valence electrons. The largest absolute Gasteiger partial charge is 0.322 e. The summed E-state index contributed by atoms with van der Waals surface area (Å²) in [6, 6.07) is 7.72. The van der Waals surface area contributed by atoms with Gasteiger partial charge in [-0.2, -0.15) is 0 Å². The van der Waals surface area contributed by atoms with Gasteiger partial charge in [0.25, 0.3) is 5.91 Å². The molecule has 2 heterocycles. The summed E-state index contributed by atoms with van der Waals surface area (Å²) in [6.45, 7) is 2.41. The molecule has 0 spiro atoms. The quantitative estimate of drug-likeness (QED) is 0.526. The second kappa shape index (κ2) is 9.17. The summed E-state index contributed by atoms with van der Waals surface area (Å²) in [5.41, 5.74) is 1.59. The van der Waals surface area contributed by atoms with E-state index in [-0.39, 0.29) is 22.8 Å². The van der Waals surface area contributed by atoms with E-state index < -0.39 is 17.5 Å². The zero-order chi connectivity index (χ0) is 22.8. The molecule has 7 nitrogen and oxygen atoms in total. The molecule has 1 aliphatic rings. The fourth-order valence-corrected chi connectivity index (χ4v) is 4.42. The average Bonchev–Trinajstić information content (AvgIpc) is 3.43. The van der Waals surface area contributed by atoms with E-state index in [1.54, 1.807) is 17.0 Å². The van der Waals surface area contributed by atoms with Crippen LogP contribution < -0.4 is 10.6 Å². The number of amides is 3. The predicted molar refractivity (Wildman–Crippen MR) is 118 cm³/mol. The fraction of sp³-hybridized carbons (Fsp3) is 0.238. The Balaban J connectivity index is 1.45. The van der Waals surface area contributed by atoms with E-state index in [4.69, 9.17) is 11.6 Å². The lowest BCUT2D eigenvalue weighted by Gasteiger charge is -2.23. The molecule has 2 N–H and O–H groups in total. The number of rotatable bonds is 4. The van der Waals surface area contributed by atoms with E-state index in [1.165, 1.54) is 6.07 Å². The third kappa shape index (κ3) is 4.71. The first kappa shape index (κ1) is 22.1. The van der Waals surface area contributed by atoms with Crippen LogP contribution in [0.3, 0.4) is 0 Å². The van der Waals surface area contributed by atoms with Crippen LogP contribution in [0, 0.1) is 18.6 Å². The number of carbonyl (C=O) groups excluding carboxylic acids is 2. The summed E-state index contributed by atoms with van der Waals surface area (Å²) in [5, 5.41) is 14.4. The number of nitrogens with zero attached hydrogens (tertiary/aromatic N) is 3. The van der Waals surface area contributed by atoms with Gasteiger partial charge >= 0.3 is 6.03 Å². The van der Waals surface area contributed by atoms with Crippen LogP contribution >= 0.6 is 22.9 Å². The summed E-state index contributed by atoms with van der Waals surface area (Å²) in [6.07, 6.45) is 1.46. The van der Waals surface area contributed by atoms with Crippen LogP contribution in [0.5, 0.6) is 0 Å². The van der Waals surface area contributed by atoms with Crippen LogP contribution in [-0.2, 0) is 0 Å². The number of aryl methyl sites for hydroxylation is 1. The van der Waals surface area contributed by atoms with Crippen molar-refractivity contribution in [3.05, 3.63) is 68.6 Å². The van der Waals surface area contributed by atoms with Crippen molar-refractivity contribution in [2.75, 3.05) is 17.2 Å². The van der Waals surface area contributed by atoms with Crippen molar-refractivity contribution < 1.29 is 18.4 Å². The molecular formula is C21H18ClF2N5O2S. The lowest BCUT2D eigenvalue weighted by atomic mass is 10.2. The third-order valence-corrected chi connectivity index (χ3v) is 6.46. The minimum atomic E-state index is -1.07. The highest BCUT2D eigenvalue weighted by Gasteiger charge is 2.33. The zero-order valence-electron chi connectivity index (χ0n) is 16.9. The maximum atomic E-state index is 13.4. The van der Waals surface area contributed by atoms with Crippen molar-refractivity contribution in [3.63, 3.8) is 0 Å². The van der Waals surface area contributed by atoms with E-state index >= 15 is 0 Å². The Kier molecular flexibility index (Phi) is 6.33. The van der Waals surface area contributed by atoms with Crippen molar-refractivity contribution in [3.8, 4) is 0 Å². The van der Waals surface area contributed by atoms with Gasteiger partial charge in [0, 0.05) is 29.0 Å². The molecule has 1 saturated heterocycles. The summed E-state index contributed by atoms with van der Waals surface area (Å²) in [5.74, 6) is -2.67. The first-order valence-electron chi connectivity index (χ1n) is 9.75. The third-order valence-electron chi connectivity index (χ3n) is 5.03. The van der Waals surface area contributed by atoms with Crippen molar-refractivity contribution in [2.45, 2.75) is 25.8 Å². The SMILES string of the molecule is Cc1ccc(NC(=O)N2CCC[C@@H]2c2nnc(C(=O)Nc3ccc(F)c(F)c3)s2)cc1Cl. The second-order valence-electron chi connectivity index (χ2n) is 7.27. The number of likely N-dealkylation sites (tertiary alicyclic amines) is 1. The predicted octanol–water partition coefficient (Wildman–Crippen LogP) is 5.40. The summed E-state index contributed by atoms with van der Waals surface area (Å²) < 4.78 is 26.4. The van der Waals surface area contributed by atoms with Gasteiger partial charge in [0.05, 0.1) is 6.04 Å². The highest BCUT2D eigenvalue weighted by atomic mass is 35.5. The normalized spacial score (nSPS) is 15.6. The van der Waals surface area contributed by atoms with Gasteiger partial charge in [0.1, 0.15) is 5.01 Å². The van der Waals surface area contributed by atoms with E-state index in [9.17, 15) is 18.4 Å². The Hall–Kier alpha value is -3.11. The van der Waals surface area contributed by atoms with E-state index in [0.717, 1.165) is 35.5 Å². The standard InChI is InChI=1S/C21H18ClF2N5O2S/c1-11-4-5-12(9-14(11)22)26-21(31)29-8-2-3-17(29)19-27-28-20(32-19)18(30)25-13-6-7-15(23)16(24)10-13/h4-7,9-10,17H,2-3,8H2,1H3,(H,25,30)(H,26,31)/t17-/m1/s1. The average molecular weight is 478 g/mol. The second-order valence-corrected chi connectivity index (χ2v) is 8.69. The number of anilines is 2. The van der Waals surface area contributed by atoms with Gasteiger partial charge in [0.2, 0.25) is 5.01 Å². The van der Waals surface area contributed by atoms with Crippen molar-refractivity contribution in [2.24, 2.45) is 0 Å². The Morgan fingerprint density at radius 1 is 1.09 bits per heavy atom. The van der Waals surface area contributed by atoms with Crippen LogP contribution in [-0.4, -0.2) is 33.6 Å². The van der Waals surface area contributed by atoms with Gasteiger partial charge < -0.3 is 15.5 Å². The van der Waals surface area contributed by atoms with Crippen LogP contribution in [0.15, 0.2) is 36.4 Å². The van der Waals surface area contributed by atoms with Gasteiger partial charge in [-0.1, -0.05) is 29.0 Å². The molecule has 3 aromatic rings. The van der Waals surface area contributed by atoms with Crippen molar-refractivity contribution in [1.82, 2.24) is 15.1 Å². The molecule has 0 saturated carbocycles. The first-order chi connectivity index (χ1) is 15.3. The Morgan fingerprint density at radius 3 is 2.59 bits per heavy atom. The number of urea groups is 1. The van der Waals surface area contributed by atoms with Gasteiger partial charge in [-0.15, -0.1) is 10.2 Å². The van der Waals surface area contributed by atoms with Crippen molar-refractivity contribution in [1.29, 1.82) is 0 Å². The number of benzene rings is 2. The maximum Gasteiger partial charge on any atom is 0.322 e. The van der Waals surface area contributed by atoms with Gasteiger partial charge in [0.15, 0.2) is 11.6 Å². The highest BCUT2D eigenvalue weighted by Crippen LogP contribution is 2.34. The molecule has 4 rings (SSSR count). The Morgan fingerprint density at radius 2 is 1.84 bits per heavy atom. The minimum Gasteiger partial charge on any atom is -0.320 e. The molecule has 0 aliphatic carbocycles. The van der Waals surface area contributed by atoms with Gasteiger partial charge in [-0.3, -0.25) is 4.79 Å². The molecule has 1 aliphatic heterocycles. The molecule has 1 aromatic heterocycles. The number of halogens is 3. The maximum absolute atomic E-state index is 13.4. The van der Waals surface area contributed by atoms with E-state index in [0.29, 0.717) is 28.7 Å². The summed E-state index contributed by atoms with van der Waals surface area (Å²) in [4.78, 5) is 26.9. The zero-order valence-corrected chi connectivity index (χ0v) is 18.4. The molecule has 11 heteroatoms. The van der Waals surface area contributed by atoms with Crippen LogP contribution in [0.4, 0.5) is 25.0 Å². The smallest absolute Gasteiger partial charge is 0.320 e. The fourth-order valence-electron chi connectivity index (χ4n) is 3.35. The first-order valence-corrected chi connectivity index (χ1v) is 10.9. The molecule has 1 atom stereocenters. The topological polar surface area (TPSA) is 87.2 Å². The number of nitrogens with one attached hydrogen (secondary N) is 2. The van der Waals surface area contributed by atoms with E-state index in [2.05, 4.69) is 20.8 Å². The van der Waals surface area contributed by atoms with Crippen LogP contribution in [0.2, 0.25) is 5.02 Å². The molecule has 1 fully saturated rings. The summed E-state index contributed by atoms with van der Waals surface area (Å²) >= 11 is 7.18. The molecule has 0 radical (unpaired) electrons. The molecule has 0 bridgehead atoms. The Labute approximate surface area is 191 Å². The molecule has 2 aromatic carbocycles. The van der Waals surface area contributed by atoms with Crippen LogP contribution in [0.1, 0.15) is 39.3 Å². The van der Waals surface area contributed by atoms with Gasteiger partial charge in [-0.05, 0) is 49.6 Å². The minimum absolute atomic E-state index is 0.0577.